The summed E-state index contributed by atoms with van der Waals surface area (Å²) in [6.45, 7) is 22.2. The van der Waals surface area contributed by atoms with Gasteiger partial charge in [0.1, 0.15) is 11.5 Å². The number of ether oxygens (including phenoxy) is 1. The van der Waals surface area contributed by atoms with Crippen molar-refractivity contribution in [2.24, 2.45) is 0 Å². The monoisotopic (exact) mass is 439 g/mol. The van der Waals surface area contributed by atoms with E-state index in [4.69, 9.17) is 11.3 Å². The molecular weight excluding hydrogens is 406 g/mol. The number of allylic oxidation sites excluding steroid dienone is 6. The molecule has 3 aliphatic rings. The maximum absolute atomic E-state index is 9.30. The van der Waals surface area contributed by atoms with E-state index in [0.29, 0.717) is 23.7 Å². The second-order valence-corrected chi connectivity index (χ2v) is 10.7. The highest BCUT2D eigenvalue weighted by atomic mass is 16.5. The number of nitrogens with zero attached hydrogens (tertiary/aromatic N) is 3. The van der Waals surface area contributed by atoms with Crippen LogP contribution in [-0.4, -0.2) is 12.1 Å². The number of hydrogen-bond donors (Lipinski definition) is 0. The van der Waals surface area contributed by atoms with E-state index in [0.717, 1.165) is 25.1 Å². The van der Waals surface area contributed by atoms with E-state index >= 15 is 0 Å². The second kappa shape index (κ2) is 8.27. The number of rotatable bonds is 3. The molecule has 0 aliphatic carbocycles. The van der Waals surface area contributed by atoms with Gasteiger partial charge in [0, 0.05) is 24.2 Å². The van der Waals surface area contributed by atoms with E-state index in [-0.39, 0.29) is 16.7 Å². The van der Waals surface area contributed by atoms with Crippen molar-refractivity contribution in [2.45, 2.75) is 77.7 Å². The van der Waals surface area contributed by atoms with Gasteiger partial charge < -0.3 is 9.64 Å². The average molecular weight is 440 g/mol. The molecule has 0 saturated heterocycles. The lowest BCUT2D eigenvalue weighted by Gasteiger charge is -2.53. The fraction of sp³-hybridized carbons (Fsp3) is 0.448. The molecule has 4 nitrogen and oxygen atoms in total. The zero-order chi connectivity index (χ0) is 24.0. The van der Waals surface area contributed by atoms with Crippen LogP contribution in [0.15, 0.2) is 53.1 Å². The molecule has 0 amide bonds. The summed E-state index contributed by atoms with van der Waals surface area (Å²) < 4.78 is 5.99. The van der Waals surface area contributed by atoms with Gasteiger partial charge in [-0.2, -0.15) is 0 Å². The Labute approximate surface area is 198 Å². The average Bonchev–Trinajstić information content (AvgIpc) is 2.77. The standard InChI is InChI=1S/C29H33N3O/c1-8-22-15-21(26(18-30)31-7)16-23(33-22)10-9-20-13-24-19(2)17-29(5,6)32-12-11-28(3,4)25(14-20)27(24)32/h9-10,13-16,19H,8,11-12,17H2,1-6H3/b10-9+,26-21-. The minimum absolute atomic E-state index is 0.0895. The fourth-order valence-electron chi connectivity index (χ4n) is 5.49. The fourth-order valence-corrected chi connectivity index (χ4v) is 5.49. The van der Waals surface area contributed by atoms with Crippen LogP contribution in [0.25, 0.3) is 10.9 Å². The molecule has 4 heteroatoms. The van der Waals surface area contributed by atoms with Gasteiger partial charge in [0.25, 0.3) is 5.70 Å². The van der Waals surface area contributed by atoms with Gasteiger partial charge in [-0.05, 0) is 90.6 Å². The van der Waals surface area contributed by atoms with Gasteiger partial charge in [-0.25, -0.2) is 10.1 Å². The Morgan fingerprint density at radius 1 is 1.27 bits per heavy atom. The summed E-state index contributed by atoms with van der Waals surface area (Å²) in [5.41, 5.74) is 6.48. The van der Waals surface area contributed by atoms with Crippen LogP contribution < -0.4 is 4.90 Å². The number of benzene rings is 1. The quantitative estimate of drug-likeness (QED) is 0.364. The third kappa shape index (κ3) is 4.11. The van der Waals surface area contributed by atoms with Gasteiger partial charge >= 0.3 is 0 Å². The van der Waals surface area contributed by atoms with Crippen molar-refractivity contribution in [1.82, 2.24) is 0 Å². The lowest BCUT2D eigenvalue weighted by molar-refractivity contribution is 0.304. The van der Waals surface area contributed by atoms with E-state index in [1.807, 2.05) is 19.1 Å². The number of hydrogen-bond acceptors (Lipinski definition) is 3. The van der Waals surface area contributed by atoms with Crippen LogP contribution in [-0.2, 0) is 10.2 Å². The van der Waals surface area contributed by atoms with Crippen LogP contribution in [0.1, 0.15) is 83.4 Å². The summed E-state index contributed by atoms with van der Waals surface area (Å²) in [6, 6.07) is 6.67. The molecule has 1 aromatic carbocycles. The molecule has 0 radical (unpaired) electrons. The van der Waals surface area contributed by atoms with Crippen LogP contribution in [0.2, 0.25) is 0 Å². The van der Waals surface area contributed by atoms with Gasteiger partial charge in [-0.15, -0.1) is 0 Å². The summed E-state index contributed by atoms with van der Waals surface area (Å²) in [5.74, 6) is 1.91. The molecule has 3 heterocycles. The number of anilines is 1. The first-order valence-corrected chi connectivity index (χ1v) is 11.9. The first kappa shape index (κ1) is 22.9. The molecule has 33 heavy (non-hydrogen) atoms. The van der Waals surface area contributed by atoms with E-state index in [1.165, 1.54) is 22.4 Å². The molecule has 0 bridgehead atoms. The molecular formula is C29H33N3O. The van der Waals surface area contributed by atoms with Gasteiger partial charge in [0.15, 0.2) is 0 Å². The molecule has 0 fully saturated rings. The molecule has 0 N–H and O–H groups in total. The lowest BCUT2D eigenvalue weighted by Crippen LogP contribution is -2.53. The summed E-state index contributed by atoms with van der Waals surface area (Å²) in [4.78, 5) is 6.00. The summed E-state index contributed by atoms with van der Waals surface area (Å²) in [7, 11) is 0. The van der Waals surface area contributed by atoms with Crippen LogP contribution >= 0.6 is 0 Å². The minimum Gasteiger partial charge on any atom is -0.462 e. The second-order valence-electron chi connectivity index (χ2n) is 10.7. The van der Waals surface area contributed by atoms with Crippen LogP contribution in [0.3, 0.4) is 0 Å². The predicted molar refractivity (Wildman–Crippen MR) is 134 cm³/mol. The summed E-state index contributed by atoms with van der Waals surface area (Å²) >= 11 is 0. The Bertz CT molecular complexity index is 1180. The first-order valence-electron chi connectivity index (χ1n) is 11.9. The highest BCUT2D eigenvalue weighted by Gasteiger charge is 2.43. The topological polar surface area (TPSA) is 40.6 Å². The minimum atomic E-state index is 0.0895. The van der Waals surface area contributed by atoms with Crippen LogP contribution in [0.4, 0.5) is 5.69 Å². The molecule has 4 rings (SSSR count). The van der Waals surface area contributed by atoms with Crippen LogP contribution in [0.5, 0.6) is 0 Å². The van der Waals surface area contributed by atoms with Crippen molar-refractivity contribution in [3.05, 3.63) is 81.3 Å². The smallest absolute Gasteiger partial charge is 0.269 e. The molecule has 1 unspecified atom stereocenters. The Balaban J connectivity index is 1.77. The van der Waals surface area contributed by atoms with Crippen LogP contribution in [0, 0.1) is 17.9 Å². The van der Waals surface area contributed by atoms with Crippen molar-refractivity contribution in [1.29, 1.82) is 5.26 Å². The molecule has 0 aromatic heterocycles. The SMILES string of the molecule is [C-]#[N+]/C(C#N)=C1C=C(/C=C/c2cc3c4c(c2)C(C)(C)CCN4C(C)(C)CC3C)OC(CC)=C\1. The van der Waals surface area contributed by atoms with Crippen molar-refractivity contribution in [2.75, 3.05) is 11.4 Å². The van der Waals surface area contributed by atoms with Gasteiger partial charge in [-0.3, -0.25) is 0 Å². The largest absolute Gasteiger partial charge is 0.462 e. The third-order valence-corrected chi connectivity index (χ3v) is 7.33. The molecule has 0 saturated carbocycles. The molecule has 1 atom stereocenters. The van der Waals surface area contributed by atoms with E-state index in [9.17, 15) is 5.26 Å². The zero-order valence-electron chi connectivity index (χ0n) is 20.6. The molecule has 0 spiro atoms. The van der Waals surface area contributed by atoms with E-state index in [2.05, 4.69) is 62.6 Å². The summed E-state index contributed by atoms with van der Waals surface area (Å²) in [5, 5.41) is 9.30. The molecule has 3 aliphatic heterocycles. The third-order valence-electron chi connectivity index (χ3n) is 7.33. The molecule has 1 aromatic rings. The van der Waals surface area contributed by atoms with Gasteiger partial charge in [0.05, 0.1) is 12.6 Å². The Morgan fingerprint density at radius 3 is 2.70 bits per heavy atom. The normalized spacial score (nSPS) is 24.1. The predicted octanol–water partition coefficient (Wildman–Crippen LogP) is 7.38. The highest BCUT2D eigenvalue weighted by Crippen LogP contribution is 2.52. The highest BCUT2D eigenvalue weighted by molar-refractivity contribution is 5.72. The van der Waals surface area contributed by atoms with Gasteiger partial charge in [0.2, 0.25) is 0 Å². The maximum Gasteiger partial charge on any atom is 0.269 e. The Kier molecular flexibility index (Phi) is 5.75. The Morgan fingerprint density at radius 2 is 2.03 bits per heavy atom. The molecule has 170 valence electrons. The van der Waals surface area contributed by atoms with E-state index < -0.39 is 0 Å². The van der Waals surface area contributed by atoms with E-state index in [1.54, 1.807) is 12.2 Å². The first-order chi connectivity index (χ1) is 15.6. The summed E-state index contributed by atoms with van der Waals surface area (Å²) in [6.07, 6.45) is 10.6. The van der Waals surface area contributed by atoms with Gasteiger partial charge in [-0.1, -0.05) is 33.8 Å². The van der Waals surface area contributed by atoms with Crippen molar-refractivity contribution in [3.63, 3.8) is 0 Å². The maximum atomic E-state index is 9.30. The van der Waals surface area contributed by atoms with Crippen molar-refractivity contribution in [3.8, 4) is 6.07 Å². The zero-order valence-corrected chi connectivity index (χ0v) is 20.6. The van der Waals surface area contributed by atoms with Crippen molar-refractivity contribution >= 4 is 11.8 Å². The number of nitriles is 1. The lowest BCUT2D eigenvalue weighted by atomic mass is 9.69. The Hall–Kier alpha value is -3.24. The van der Waals surface area contributed by atoms with Crippen molar-refractivity contribution < 1.29 is 4.74 Å².